The van der Waals surface area contributed by atoms with E-state index in [0.29, 0.717) is 5.69 Å². The molecule has 17 heavy (non-hydrogen) atoms. The number of aromatic nitrogens is 1. The van der Waals surface area contributed by atoms with Crippen molar-refractivity contribution >= 4 is 28.4 Å². The number of anilines is 1. The quantitative estimate of drug-likeness (QED) is 0.854. The lowest BCUT2D eigenvalue weighted by molar-refractivity contribution is -0.133. The molecular weight excluding hydrogens is 244 g/mol. The van der Waals surface area contributed by atoms with Crippen molar-refractivity contribution in [3.8, 4) is 0 Å². The van der Waals surface area contributed by atoms with E-state index in [4.69, 9.17) is 9.84 Å². The van der Waals surface area contributed by atoms with Gasteiger partial charge in [-0.05, 0) is 32.3 Å². The number of hydrogen-bond donors (Lipinski definition) is 2. The van der Waals surface area contributed by atoms with E-state index >= 15 is 0 Å². The van der Waals surface area contributed by atoms with Gasteiger partial charge >= 0.3 is 5.97 Å². The van der Waals surface area contributed by atoms with Crippen LogP contribution >= 0.6 is 11.5 Å². The largest absolute Gasteiger partial charge is 0.478 e. The van der Waals surface area contributed by atoms with Gasteiger partial charge in [0.2, 0.25) is 0 Å². The third kappa shape index (κ3) is 2.80. The van der Waals surface area contributed by atoms with E-state index in [0.717, 1.165) is 11.5 Å². The molecule has 1 aromatic rings. The Morgan fingerprint density at radius 2 is 2.06 bits per heavy atom. The molecule has 0 aliphatic heterocycles. The Labute approximate surface area is 103 Å². The molecule has 0 saturated carbocycles. The highest BCUT2D eigenvalue weighted by Gasteiger charge is 2.29. The number of carbonyl (C=O) groups is 2. The normalized spacial score (nSPS) is 11.3. The first kappa shape index (κ1) is 13.6. The number of nitrogens with zero attached hydrogens (tertiary/aromatic N) is 1. The van der Waals surface area contributed by atoms with Gasteiger partial charge < -0.3 is 15.2 Å². The average molecular weight is 258 g/mol. The van der Waals surface area contributed by atoms with Crippen LogP contribution in [0.2, 0.25) is 0 Å². The fourth-order valence-corrected chi connectivity index (χ4v) is 1.84. The molecule has 1 heterocycles. The van der Waals surface area contributed by atoms with E-state index < -0.39 is 17.5 Å². The number of aromatic carboxylic acids is 1. The van der Waals surface area contributed by atoms with Gasteiger partial charge in [0.25, 0.3) is 5.91 Å². The predicted molar refractivity (Wildman–Crippen MR) is 63.5 cm³/mol. The van der Waals surface area contributed by atoms with E-state index in [2.05, 4.69) is 9.69 Å². The van der Waals surface area contributed by atoms with Gasteiger partial charge in [-0.15, -0.1) is 0 Å². The zero-order valence-electron chi connectivity index (χ0n) is 10.0. The van der Waals surface area contributed by atoms with Gasteiger partial charge in [-0.3, -0.25) is 4.79 Å². The van der Waals surface area contributed by atoms with Crippen LogP contribution in [0.25, 0.3) is 0 Å². The van der Waals surface area contributed by atoms with Crippen LogP contribution in [0.5, 0.6) is 0 Å². The number of carbonyl (C=O) groups excluding carboxylic acids is 1. The summed E-state index contributed by atoms with van der Waals surface area (Å²) < 4.78 is 8.91. The van der Waals surface area contributed by atoms with Crippen molar-refractivity contribution in [2.24, 2.45) is 0 Å². The Hall–Kier alpha value is -1.47. The zero-order chi connectivity index (χ0) is 13.2. The average Bonchev–Trinajstić information content (AvgIpc) is 2.59. The fourth-order valence-electron chi connectivity index (χ4n) is 1.05. The maximum atomic E-state index is 11.8. The molecule has 0 aliphatic rings. The zero-order valence-corrected chi connectivity index (χ0v) is 10.8. The maximum Gasteiger partial charge on any atom is 0.340 e. The summed E-state index contributed by atoms with van der Waals surface area (Å²) in [5.41, 5.74) is -0.614. The maximum absolute atomic E-state index is 11.8. The van der Waals surface area contributed by atoms with Crippen molar-refractivity contribution in [1.29, 1.82) is 0 Å². The van der Waals surface area contributed by atoms with Gasteiger partial charge in [-0.1, -0.05) is 0 Å². The molecule has 1 aromatic heterocycles. The Bertz CT molecular complexity index is 453. The van der Waals surface area contributed by atoms with Crippen LogP contribution in [0.3, 0.4) is 0 Å². The summed E-state index contributed by atoms with van der Waals surface area (Å²) in [7, 11) is 1.41. The van der Waals surface area contributed by atoms with Gasteiger partial charge in [0.05, 0.1) is 5.69 Å². The molecule has 0 saturated heterocycles. The topological polar surface area (TPSA) is 88.5 Å². The van der Waals surface area contributed by atoms with Crippen LogP contribution in [-0.2, 0) is 9.53 Å². The van der Waals surface area contributed by atoms with Crippen molar-refractivity contribution in [2.75, 3.05) is 12.4 Å². The molecule has 0 aromatic carbocycles. The number of carboxylic acids is 1. The highest BCUT2D eigenvalue weighted by atomic mass is 32.1. The highest BCUT2D eigenvalue weighted by molar-refractivity contribution is 7.11. The minimum atomic E-state index is -1.11. The van der Waals surface area contributed by atoms with E-state index in [9.17, 15) is 9.59 Å². The van der Waals surface area contributed by atoms with Crippen molar-refractivity contribution in [3.05, 3.63) is 11.3 Å². The van der Waals surface area contributed by atoms with Crippen LogP contribution < -0.4 is 5.32 Å². The fraction of sp³-hybridized carbons (Fsp3) is 0.500. The minimum absolute atomic E-state index is 0.0234. The lowest BCUT2D eigenvalue weighted by Gasteiger charge is -2.21. The Balaban J connectivity index is 2.97. The molecule has 1 rings (SSSR count). The number of carboxylic acid groups (broad SMARTS) is 1. The number of aryl methyl sites for hydroxylation is 1. The number of methoxy groups -OCH3 is 1. The SMILES string of the molecule is COC(C)(C)C(=O)Nc1snc(C)c1C(=O)O. The molecule has 0 bridgehead atoms. The minimum Gasteiger partial charge on any atom is -0.478 e. The Kier molecular flexibility index (Phi) is 3.84. The van der Waals surface area contributed by atoms with Crippen LogP contribution in [0.15, 0.2) is 0 Å². The molecule has 0 spiro atoms. The number of rotatable bonds is 4. The second-order valence-electron chi connectivity index (χ2n) is 3.95. The summed E-state index contributed by atoms with van der Waals surface area (Å²) in [6.45, 7) is 4.77. The van der Waals surface area contributed by atoms with E-state index in [1.807, 2.05) is 0 Å². The van der Waals surface area contributed by atoms with E-state index in [1.165, 1.54) is 7.11 Å². The summed E-state index contributed by atoms with van der Waals surface area (Å²) in [5.74, 6) is -1.52. The molecule has 7 heteroatoms. The molecular formula is C10H14N2O4S. The monoisotopic (exact) mass is 258 g/mol. The predicted octanol–water partition coefficient (Wildman–Crippen LogP) is 1.51. The lowest BCUT2D eigenvalue weighted by atomic mass is 10.1. The van der Waals surface area contributed by atoms with Gasteiger partial charge in [0.1, 0.15) is 16.2 Å². The molecule has 0 unspecified atom stereocenters. The summed E-state index contributed by atoms with van der Waals surface area (Å²) in [6.07, 6.45) is 0. The van der Waals surface area contributed by atoms with Crippen LogP contribution in [0.4, 0.5) is 5.00 Å². The summed E-state index contributed by atoms with van der Waals surface area (Å²) in [5, 5.41) is 11.7. The third-order valence-electron chi connectivity index (χ3n) is 2.36. The van der Waals surface area contributed by atoms with Gasteiger partial charge in [0.15, 0.2) is 0 Å². The molecule has 0 radical (unpaired) electrons. The first-order valence-corrected chi connectivity index (χ1v) is 5.63. The van der Waals surface area contributed by atoms with Gasteiger partial charge in [0, 0.05) is 7.11 Å². The molecule has 6 nitrogen and oxygen atoms in total. The van der Waals surface area contributed by atoms with Gasteiger partial charge in [-0.25, -0.2) is 4.79 Å². The van der Waals surface area contributed by atoms with E-state index in [1.54, 1.807) is 20.8 Å². The standard InChI is InChI=1S/C10H14N2O4S/c1-5-6(8(13)14)7(17-12-5)11-9(15)10(2,3)16-4/h1-4H3,(H,11,15)(H,13,14). The van der Waals surface area contributed by atoms with E-state index in [-0.39, 0.29) is 10.6 Å². The molecule has 1 amide bonds. The van der Waals surface area contributed by atoms with Crippen molar-refractivity contribution in [1.82, 2.24) is 4.37 Å². The van der Waals surface area contributed by atoms with Crippen LogP contribution in [0, 0.1) is 6.92 Å². The number of nitrogens with one attached hydrogen (secondary N) is 1. The van der Waals surface area contributed by atoms with Crippen molar-refractivity contribution in [3.63, 3.8) is 0 Å². The first-order chi connectivity index (χ1) is 7.79. The summed E-state index contributed by atoms with van der Waals surface area (Å²) in [6, 6.07) is 0. The first-order valence-electron chi connectivity index (χ1n) is 4.85. The molecule has 0 atom stereocenters. The number of ether oxygens (including phenoxy) is 1. The van der Waals surface area contributed by atoms with Gasteiger partial charge in [-0.2, -0.15) is 4.37 Å². The molecule has 0 fully saturated rings. The van der Waals surface area contributed by atoms with Crippen LogP contribution in [0.1, 0.15) is 29.9 Å². The summed E-state index contributed by atoms with van der Waals surface area (Å²) in [4.78, 5) is 22.8. The highest BCUT2D eigenvalue weighted by Crippen LogP contribution is 2.25. The Morgan fingerprint density at radius 1 is 1.47 bits per heavy atom. The van der Waals surface area contributed by atoms with Crippen LogP contribution in [-0.4, -0.2) is 34.1 Å². The summed E-state index contributed by atoms with van der Waals surface area (Å²) >= 11 is 0.941. The second-order valence-corrected chi connectivity index (χ2v) is 4.72. The van der Waals surface area contributed by atoms with Crippen molar-refractivity contribution < 1.29 is 19.4 Å². The smallest absolute Gasteiger partial charge is 0.340 e. The molecule has 0 aliphatic carbocycles. The van der Waals surface area contributed by atoms with Crippen molar-refractivity contribution in [2.45, 2.75) is 26.4 Å². The molecule has 2 N–H and O–H groups in total. The second kappa shape index (κ2) is 4.80. The molecule has 94 valence electrons. The number of hydrogen-bond acceptors (Lipinski definition) is 5. The Morgan fingerprint density at radius 3 is 2.53 bits per heavy atom. The lowest BCUT2D eigenvalue weighted by Crippen LogP contribution is -2.38. The third-order valence-corrected chi connectivity index (χ3v) is 3.21. The number of amides is 1.